The first kappa shape index (κ1) is 23.5. The van der Waals surface area contributed by atoms with E-state index in [0.717, 1.165) is 41.2 Å². The van der Waals surface area contributed by atoms with Gasteiger partial charge in [-0.3, -0.25) is 4.40 Å². The van der Waals surface area contributed by atoms with Crippen LogP contribution >= 0.6 is 0 Å². The number of nitrogens with zero attached hydrogens (tertiary/aromatic N) is 5. The lowest BCUT2D eigenvalue weighted by atomic mass is 9.81. The highest BCUT2D eigenvalue weighted by Crippen LogP contribution is 2.53. The lowest BCUT2D eigenvalue weighted by Crippen LogP contribution is -2.35. The van der Waals surface area contributed by atoms with Crippen LogP contribution in [0.5, 0.6) is 6.01 Å². The molecule has 6 heteroatoms. The van der Waals surface area contributed by atoms with Gasteiger partial charge in [0.15, 0.2) is 0 Å². The van der Waals surface area contributed by atoms with Gasteiger partial charge in [-0.15, -0.1) is 0 Å². The van der Waals surface area contributed by atoms with Crippen molar-refractivity contribution in [3.05, 3.63) is 47.8 Å². The topological polar surface area (TPSA) is 66.5 Å². The molecule has 5 atom stereocenters. The Labute approximate surface area is 214 Å². The Morgan fingerprint density at radius 2 is 1.92 bits per heavy atom. The van der Waals surface area contributed by atoms with Crippen LogP contribution in [-0.2, 0) is 0 Å². The predicted molar refractivity (Wildman–Crippen MR) is 141 cm³/mol. The molecule has 1 aliphatic heterocycles. The van der Waals surface area contributed by atoms with Crippen LogP contribution in [0.2, 0.25) is 0 Å². The molecule has 36 heavy (non-hydrogen) atoms. The van der Waals surface area contributed by atoms with Crippen molar-refractivity contribution < 1.29 is 4.74 Å². The molecule has 3 aliphatic rings. The van der Waals surface area contributed by atoms with Crippen molar-refractivity contribution >= 4 is 5.65 Å². The van der Waals surface area contributed by atoms with E-state index in [0.29, 0.717) is 30.0 Å². The van der Waals surface area contributed by atoms with Gasteiger partial charge in [-0.2, -0.15) is 10.2 Å². The summed E-state index contributed by atoms with van der Waals surface area (Å²) in [6.07, 6.45) is 12.7. The number of hydrogen-bond acceptors (Lipinski definition) is 5. The summed E-state index contributed by atoms with van der Waals surface area (Å²) in [6, 6.07) is 10.7. The number of aromatic nitrogens is 3. The summed E-state index contributed by atoms with van der Waals surface area (Å²) in [5, 5.41) is 9.34. The van der Waals surface area contributed by atoms with Gasteiger partial charge in [-0.05, 0) is 87.9 Å². The summed E-state index contributed by atoms with van der Waals surface area (Å²) in [7, 11) is 2.19. The largest absolute Gasteiger partial charge is 0.464 e. The van der Waals surface area contributed by atoms with E-state index in [1.807, 2.05) is 36.7 Å². The van der Waals surface area contributed by atoms with Crippen molar-refractivity contribution in [2.75, 3.05) is 26.7 Å². The highest BCUT2D eigenvalue weighted by molar-refractivity contribution is 5.72. The molecular formula is C30H37N5O. The van der Waals surface area contributed by atoms with Gasteiger partial charge in [0.05, 0.1) is 23.9 Å². The average Bonchev–Trinajstić information content (AvgIpc) is 3.38. The molecule has 0 amide bonds. The minimum absolute atomic E-state index is 0.437. The molecule has 2 aromatic heterocycles. The molecule has 3 heterocycles. The van der Waals surface area contributed by atoms with E-state index in [2.05, 4.69) is 29.3 Å². The zero-order valence-electron chi connectivity index (χ0n) is 21.6. The number of hydrogen-bond donors (Lipinski definition) is 0. The maximum absolute atomic E-state index is 9.34. The molecule has 0 bridgehead atoms. The highest BCUT2D eigenvalue weighted by atomic mass is 16.5. The minimum atomic E-state index is 0.437. The van der Waals surface area contributed by atoms with Gasteiger partial charge in [0.25, 0.3) is 0 Å². The van der Waals surface area contributed by atoms with Crippen molar-refractivity contribution in [3.63, 3.8) is 0 Å². The fourth-order valence-corrected chi connectivity index (χ4v) is 6.73. The van der Waals surface area contributed by atoms with Crippen LogP contribution < -0.4 is 4.74 Å². The first-order valence-electron chi connectivity index (χ1n) is 13.8. The second kappa shape index (κ2) is 9.86. The maximum atomic E-state index is 9.34. The molecule has 6 nitrogen and oxygen atoms in total. The Morgan fingerprint density at radius 3 is 2.72 bits per heavy atom. The van der Waals surface area contributed by atoms with Gasteiger partial charge in [0.1, 0.15) is 5.65 Å². The van der Waals surface area contributed by atoms with Gasteiger partial charge in [0, 0.05) is 36.0 Å². The second-order valence-corrected chi connectivity index (χ2v) is 11.7. The monoisotopic (exact) mass is 483 g/mol. The van der Waals surface area contributed by atoms with Crippen LogP contribution in [0.15, 0.2) is 36.7 Å². The number of imidazole rings is 1. The summed E-state index contributed by atoms with van der Waals surface area (Å²) >= 11 is 0. The van der Waals surface area contributed by atoms with E-state index in [-0.39, 0.29) is 0 Å². The zero-order chi connectivity index (χ0) is 24.6. The van der Waals surface area contributed by atoms with E-state index < -0.39 is 0 Å². The van der Waals surface area contributed by atoms with Crippen LogP contribution in [0.4, 0.5) is 0 Å². The van der Waals surface area contributed by atoms with Crippen molar-refractivity contribution in [3.8, 4) is 23.3 Å². The number of nitriles is 1. The normalized spacial score (nSPS) is 28.6. The Kier molecular flexibility index (Phi) is 6.43. The molecule has 3 fully saturated rings. The molecular weight excluding hydrogens is 446 g/mol. The molecule has 0 radical (unpaired) electrons. The molecule has 6 rings (SSSR count). The van der Waals surface area contributed by atoms with Crippen LogP contribution in [0.25, 0.3) is 16.9 Å². The van der Waals surface area contributed by atoms with Crippen LogP contribution in [0, 0.1) is 35.0 Å². The summed E-state index contributed by atoms with van der Waals surface area (Å²) in [6.45, 7) is 5.32. The predicted octanol–water partition coefficient (Wildman–Crippen LogP) is 5.92. The molecule has 2 saturated carbocycles. The molecule has 0 N–H and O–H groups in total. The Morgan fingerprint density at radius 1 is 1.08 bits per heavy atom. The molecule has 0 spiro atoms. The fraction of sp³-hybridized carbons (Fsp3) is 0.567. The van der Waals surface area contributed by atoms with Crippen LogP contribution in [0.3, 0.4) is 0 Å². The minimum Gasteiger partial charge on any atom is -0.464 e. The van der Waals surface area contributed by atoms with Crippen molar-refractivity contribution in [2.45, 2.75) is 57.8 Å². The lowest BCUT2D eigenvalue weighted by molar-refractivity contribution is 0.143. The third-order valence-corrected chi connectivity index (χ3v) is 8.79. The van der Waals surface area contributed by atoms with Gasteiger partial charge in [-0.25, -0.2) is 4.98 Å². The molecule has 5 unspecified atom stereocenters. The van der Waals surface area contributed by atoms with E-state index in [4.69, 9.17) is 14.7 Å². The summed E-state index contributed by atoms with van der Waals surface area (Å²) in [4.78, 5) is 12.5. The quantitative estimate of drug-likeness (QED) is 0.451. The summed E-state index contributed by atoms with van der Waals surface area (Å²) < 4.78 is 8.51. The summed E-state index contributed by atoms with van der Waals surface area (Å²) in [5.74, 6) is 3.47. The third kappa shape index (κ3) is 4.74. The smallest absolute Gasteiger partial charge is 0.302 e. The van der Waals surface area contributed by atoms with E-state index >= 15 is 0 Å². The standard InChI is InChI=1S/C30H37N5O/c1-20-5-8-24(15-26-16-25(26)14-20)27-28(23-9-6-21(17-31)7-10-23)33-30(35-13-11-32-29(27)35)36-19-22-4-3-12-34(2)18-22/h6-7,9-11,13,20,22,24-26H,3-5,8,12,14-16,18-19H2,1-2H3. The van der Waals surface area contributed by atoms with E-state index in [1.165, 1.54) is 57.1 Å². The highest BCUT2D eigenvalue weighted by Gasteiger charge is 2.42. The van der Waals surface area contributed by atoms with E-state index in [9.17, 15) is 5.26 Å². The molecule has 2 aliphatic carbocycles. The van der Waals surface area contributed by atoms with Gasteiger partial charge in [0.2, 0.25) is 0 Å². The molecule has 1 aromatic carbocycles. The van der Waals surface area contributed by atoms with Gasteiger partial charge in [-0.1, -0.05) is 25.5 Å². The molecule has 3 aromatic rings. The number of ether oxygens (including phenoxy) is 1. The fourth-order valence-electron chi connectivity index (χ4n) is 6.73. The van der Waals surface area contributed by atoms with E-state index in [1.54, 1.807) is 0 Å². The van der Waals surface area contributed by atoms with Crippen LogP contribution in [-0.4, -0.2) is 46.0 Å². The Bertz CT molecular complexity index is 1260. The zero-order valence-corrected chi connectivity index (χ0v) is 21.6. The first-order valence-corrected chi connectivity index (χ1v) is 13.8. The van der Waals surface area contributed by atoms with Crippen molar-refractivity contribution in [2.24, 2.45) is 23.7 Å². The first-order chi connectivity index (χ1) is 17.6. The van der Waals surface area contributed by atoms with Gasteiger partial charge < -0.3 is 9.64 Å². The number of likely N-dealkylation sites (tertiary alicyclic amines) is 1. The van der Waals surface area contributed by atoms with Crippen molar-refractivity contribution in [1.29, 1.82) is 5.26 Å². The Hall–Kier alpha value is -2.91. The number of rotatable bonds is 5. The van der Waals surface area contributed by atoms with Crippen LogP contribution in [0.1, 0.15) is 68.9 Å². The number of piperidine rings is 1. The Balaban J connectivity index is 1.41. The molecule has 1 saturated heterocycles. The third-order valence-electron chi connectivity index (χ3n) is 8.79. The summed E-state index contributed by atoms with van der Waals surface area (Å²) in [5.41, 5.74) is 4.93. The number of benzene rings is 1. The lowest BCUT2D eigenvalue weighted by Gasteiger charge is -2.29. The SMILES string of the molecule is CC1CCC(c2c(-c3ccc(C#N)cc3)nc(OCC3CCCN(C)C3)n3ccnc23)CC2CC2C1. The van der Waals surface area contributed by atoms with Gasteiger partial charge >= 0.3 is 6.01 Å². The number of fused-ring (bicyclic) bond motifs is 2. The second-order valence-electron chi connectivity index (χ2n) is 11.7. The maximum Gasteiger partial charge on any atom is 0.302 e. The van der Waals surface area contributed by atoms with Crippen molar-refractivity contribution in [1.82, 2.24) is 19.3 Å². The molecule has 188 valence electrons. The average molecular weight is 484 g/mol.